The Balaban J connectivity index is 1.85. The van der Waals surface area contributed by atoms with Gasteiger partial charge in [0, 0.05) is 5.02 Å². The lowest BCUT2D eigenvalue weighted by Crippen LogP contribution is -2.44. The lowest BCUT2D eigenvalue weighted by Gasteiger charge is -2.25. The van der Waals surface area contributed by atoms with Crippen molar-refractivity contribution in [3.63, 3.8) is 0 Å². The van der Waals surface area contributed by atoms with Gasteiger partial charge in [-0.05, 0) is 29.7 Å². The second-order valence-electron chi connectivity index (χ2n) is 6.36. The van der Waals surface area contributed by atoms with Gasteiger partial charge >= 0.3 is 12.2 Å². The third-order valence-corrected chi connectivity index (χ3v) is 4.73. The fourth-order valence-corrected chi connectivity index (χ4v) is 3.23. The lowest BCUT2D eigenvalue weighted by molar-refractivity contribution is -0.131. The average Bonchev–Trinajstić information content (AvgIpc) is 3.04. The number of hydrogen-bond donors (Lipinski definition) is 1. The number of primary amides is 1. The highest BCUT2D eigenvalue weighted by Gasteiger charge is 2.41. The Bertz CT molecular complexity index is 857. The summed E-state index contributed by atoms with van der Waals surface area (Å²) in [5.41, 5.74) is 6.58. The molecule has 1 fully saturated rings. The smallest absolute Gasteiger partial charge is 0.417 e. The Morgan fingerprint density at radius 2 is 1.86 bits per heavy atom. The van der Waals surface area contributed by atoms with E-state index < -0.39 is 30.1 Å². The second-order valence-corrected chi connectivity index (χ2v) is 6.80. The molecule has 0 radical (unpaired) electrons. The third-order valence-electron chi connectivity index (χ3n) is 4.48. The highest BCUT2D eigenvalue weighted by molar-refractivity contribution is 6.30. The topological polar surface area (TPSA) is 98.9 Å². The Labute approximate surface area is 167 Å². The number of carbonyl (C=O) groups excluding carboxylic acids is 3. The zero-order chi connectivity index (χ0) is 20.1. The summed E-state index contributed by atoms with van der Waals surface area (Å²) in [5, 5.41) is 0.494. The summed E-state index contributed by atoms with van der Waals surface area (Å²) in [6.07, 6.45) is -1.26. The first-order chi connectivity index (χ1) is 13.5. The quantitative estimate of drug-likeness (QED) is 0.800. The Morgan fingerprint density at radius 3 is 2.50 bits per heavy atom. The van der Waals surface area contributed by atoms with Gasteiger partial charge in [-0.1, -0.05) is 54.1 Å². The van der Waals surface area contributed by atoms with E-state index in [4.69, 9.17) is 26.8 Å². The van der Waals surface area contributed by atoms with Gasteiger partial charge in [0.25, 0.3) is 0 Å². The summed E-state index contributed by atoms with van der Waals surface area (Å²) in [4.78, 5) is 37.6. The van der Waals surface area contributed by atoms with Gasteiger partial charge < -0.3 is 15.2 Å². The van der Waals surface area contributed by atoms with Crippen molar-refractivity contribution in [3.05, 3.63) is 70.7 Å². The molecule has 7 nitrogen and oxygen atoms in total. The summed E-state index contributed by atoms with van der Waals surface area (Å²) >= 11 is 5.91. The lowest BCUT2D eigenvalue weighted by atomic mass is 9.97. The number of cyclic esters (lactones) is 1. The van der Waals surface area contributed by atoms with Crippen LogP contribution in [0.5, 0.6) is 0 Å². The minimum atomic E-state index is -1.00. The maximum atomic E-state index is 13.2. The summed E-state index contributed by atoms with van der Waals surface area (Å²) in [7, 11) is 0. The minimum Gasteiger partial charge on any atom is -0.449 e. The second kappa shape index (κ2) is 8.75. The maximum absolute atomic E-state index is 13.2. The highest BCUT2D eigenvalue weighted by atomic mass is 35.5. The molecule has 1 heterocycles. The number of carbonyl (C=O) groups is 3. The molecule has 0 aliphatic carbocycles. The third kappa shape index (κ3) is 4.61. The Kier molecular flexibility index (Phi) is 6.16. The van der Waals surface area contributed by atoms with Crippen molar-refractivity contribution >= 4 is 29.7 Å². The van der Waals surface area contributed by atoms with E-state index in [1.807, 2.05) is 30.3 Å². The van der Waals surface area contributed by atoms with Crippen LogP contribution in [-0.2, 0) is 20.7 Å². The molecule has 2 unspecified atom stereocenters. The van der Waals surface area contributed by atoms with Crippen LogP contribution < -0.4 is 5.73 Å². The van der Waals surface area contributed by atoms with E-state index in [0.717, 1.165) is 10.5 Å². The first kappa shape index (κ1) is 19.7. The largest absolute Gasteiger partial charge is 0.449 e. The van der Waals surface area contributed by atoms with Gasteiger partial charge in [0.15, 0.2) is 0 Å². The zero-order valence-corrected chi connectivity index (χ0v) is 15.7. The van der Waals surface area contributed by atoms with Crippen LogP contribution >= 0.6 is 11.6 Å². The van der Waals surface area contributed by atoms with Crippen LogP contribution in [0.25, 0.3) is 0 Å². The molecule has 1 aliphatic heterocycles. The van der Waals surface area contributed by atoms with E-state index in [2.05, 4.69) is 0 Å². The van der Waals surface area contributed by atoms with Crippen LogP contribution in [0.1, 0.15) is 17.0 Å². The van der Waals surface area contributed by atoms with E-state index in [1.54, 1.807) is 24.3 Å². The van der Waals surface area contributed by atoms with Crippen molar-refractivity contribution in [2.24, 2.45) is 5.73 Å². The van der Waals surface area contributed by atoms with Crippen molar-refractivity contribution < 1.29 is 23.9 Å². The molecule has 8 heteroatoms. The van der Waals surface area contributed by atoms with E-state index in [1.165, 1.54) is 0 Å². The predicted molar refractivity (Wildman–Crippen MR) is 102 cm³/mol. The predicted octanol–water partition coefficient (Wildman–Crippen LogP) is 3.11. The molecule has 28 heavy (non-hydrogen) atoms. The van der Waals surface area contributed by atoms with Gasteiger partial charge in [-0.2, -0.15) is 0 Å². The summed E-state index contributed by atoms with van der Waals surface area (Å²) < 4.78 is 9.98. The van der Waals surface area contributed by atoms with Crippen LogP contribution in [0.15, 0.2) is 54.6 Å². The van der Waals surface area contributed by atoms with Gasteiger partial charge in [-0.3, -0.25) is 4.79 Å². The van der Waals surface area contributed by atoms with Gasteiger partial charge in [-0.15, -0.1) is 0 Å². The molecule has 2 aromatic rings. The monoisotopic (exact) mass is 402 g/mol. The van der Waals surface area contributed by atoms with E-state index >= 15 is 0 Å². The number of amides is 3. The van der Waals surface area contributed by atoms with Crippen molar-refractivity contribution in [2.75, 3.05) is 13.2 Å². The first-order valence-electron chi connectivity index (χ1n) is 8.67. The van der Waals surface area contributed by atoms with Crippen molar-refractivity contribution in [1.82, 2.24) is 4.90 Å². The Morgan fingerprint density at radius 1 is 1.18 bits per heavy atom. The van der Waals surface area contributed by atoms with Crippen LogP contribution in [0, 0.1) is 0 Å². The average molecular weight is 403 g/mol. The van der Waals surface area contributed by atoms with Crippen LogP contribution in [0.2, 0.25) is 5.02 Å². The number of nitrogens with two attached hydrogens (primary N) is 1. The summed E-state index contributed by atoms with van der Waals surface area (Å²) in [6.45, 7) is -0.193. The van der Waals surface area contributed by atoms with E-state index in [0.29, 0.717) is 17.0 Å². The van der Waals surface area contributed by atoms with Crippen molar-refractivity contribution in [3.8, 4) is 0 Å². The molecule has 0 spiro atoms. The molecule has 3 rings (SSSR count). The fraction of sp³-hybridized carbons (Fsp3) is 0.250. The number of halogens is 1. The Hall–Kier alpha value is -3.06. The van der Waals surface area contributed by atoms with Crippen LogP contribution in [0.4, 0.5) is 9.59 Å². The van der Waals surface area contributed by atoms with Gasteiger partial charge in [-0.25, -0.2) is 14.5 Å². The van der Waals surface area contributed by atoms with Gasteiger partial charge in [0.05, 0.1) is 12.0 Å². The van der Waals surface area contributed by atoms with E-state index in [9.17, 15) is 14.4 Å². The number of benzene rings is 2. The molecule has 2 atom stereocenters. The van der Waals surface area contributed by atoms with Gasteiger partial charge in [0.1, 0.15) is 13.2 Å². The summed E-state index contributed by atoms with van der Waals surface area (Å²) in [6, 6.07) is 15.6. The van der Waals surface area contributed by atoms with E-state index in [-0.39, 0.29) is 13.2 Å². The SMILES string of the molecule is NC(=O)OCC(C(=O)N1C(=O)OCC1Cc1ccccc1)c1ccc(Cl)cc1. The standard InChI is InChI=1S/C20H19ClN2O5/c21-15-8-6-14(7-9-15)17(12-27-19(22)25)18(24)23-16(11-28-20(23)26)10-13-4-2-1-3-5-13/h1-9,16-17H,10-12H2,(H2,22,25). The number of ether oxygens (including phenoxy) is 2. The van der Waals surface area contributed by atoms with Crippen LogP contribution in [0.3, 0.4) is 0 Å². The molecule has 0 aromatic heterocycles. The number of hydrogen-bond acceptors (Lipinski definition) is 5. The molecule has 0 bridgehead atoms. The maximum Gasteiger partial charge on any atom is 0.417 e. The molecule has 1 aliphatic rings. The van der Waals surface area contributed by atoms with Crippen molar-refractivity contribution in [1.29, 1.82) is 0 Å². The molecule has 3 amide bonds. The number of imide groups is 1. The number of nitrogens with zero attached hydrogens (tertiary/aromatic N) is 1. The van der Waals surface area contributed by atoms with Gasteiger partial charge in [0.2, 0.25) is 5.91 Å². The van der Waals surface area contributed by atoms with Crippen LogP contribution in [-0.4, -0.2) is 42.2 Å². The molecule has 2 aromatic carbocycles. The molecule has 0 saturated carbocycles. The normalized spacial score (nSPS) is 17.1. The molecular weight excluding hydrogens is 384 g/mol. The minimum absolute atomic E-state index is 0.101. The number of rotatable bonds is 6. The molecule has 2 N–H and O–H groups in total. The molecule has 1 saturated heterocycles. The zero-order valence-electron chi connectivity index (χ0n) is 14.9. The summed E-state index contributed by atoms with van der Waals surface area (Å²) in [5.74, 6) is -1.43. The molecular formula is C20H19ClN2O5. The highest BCUT2D eigenvalue weighted by Crippen LogP contribution is 2.26. The molecule has 146 valence electrons. The van der Waals surface area contributed by atoms with Crippen molar-refractivity contribution in [2.45, 2.75) is 18.4 Å². The first-order valence-corrected chi connectivity index (χ1v) is 9.05. The fourth-order valence-electron chi connectivity index (χ4n) is 3.11.